The van der Waals surface area contributed by atoms with Crippen LogP contribution >= 0.6 is 0 Å². The van der Waals surface area contributed by atoms with Gasteiger partial charge in [0.1, 0.15) is 10.7 Å². The summed E-state index contributed by atoms with van der Waals surface area (Å²) in [7, 11) is 0. The fourth-order valence-corrected chi connectivity index (χ4v) is 1.25. The quantitative estimate of drug-likeness (QED) is 0.568. The highest BCUT2D eigenvalue weighted by atomic mass is 16.6. The number of nitrogens with one attached hydrogen (secondary N) is 1. The molecule has 6 nitrogen and oxygen atoms in total. The molecule has 1 heterocycles. The molecule has 0 unspecified atom stereocenters. The van der Waals surface area contributed by atoms with Crippen molar-refractivity contribution in [3.05, 3.63) is 28.0 Å². The smallest absolute Gasteiger partial charge is 0.404 e. The van der Waals surface area contributed by atoms with Crippen molar-refractivity contribution < 1.29 is 14.4 Å². The molecule has 90 valence electrons. The van der Waals surface area contributed by atoms with Gasteiger partial charge in [0, 0.05) is 12.1 Å². The van der Waals surface area contributed by atoms with Crippen LogP contribution in [0.5, 0.6) is 0 Å². The number of nitro groups is 1. The SMILES string of the molecule is CC(C)(CCO)NCc1ccc([N+](=O)[O-])o1. The number of hydrogen-bond donors (Lipinski definition) is 2. The van der Waals surface area contributed by atoms with E-state index < -0.39 is 4.92 Å². The standard InChI is InChI=1S/C10H16N2O4/c1-10(2,5-6-13)11-7-8-3-4-9(16-8)12(14)15/h3-4,11,13H,5-7H2,1-2H3. The molecule has 6 heteroatoms. The Morgan fingerprint density at radius 2 is 2.25 bits per heavy atom. The van der Waals surface area contributed by atoms with E-state index in [1.165, 1.54) is 6.07 Å². The Hall–Kier alpha value is -1.40. The Morgan fingerprint density at radius 3 is 2.75 bits per heavy atom. The first kappa shape index (κ1) is 12.7. The molecule has 0 saturated heterocycles. The molecule has 0 atom stereocenters. The van der Waals surface area contributed by atoms with Crippen molar-refractivity contribution in [1.82, 2.24) is 5.32 Å². The Balaban J connectivity index is 2.51. The van der Waals surface area contributed by atoms with Crippen molar-refractivity contribution in [1.29, 1.82) is 0 Å². The monoisotopic (exact) mass is 228 g/mol. The zero-order chi connectivity index (χ0) is 12.2. The number of hydrogen-bond acceptors (Lipinski definition) is 5. The lowest BCUT2D eigenvalue weighted by Crippen LogP contribution is -2.39. The molecule has 0 spiro atoms. The summed E-state index contributed by atoms with van der Waals surface area (Å²) in [6.45, 7) is 4.39. The maximum atomic E-state index is 10.4. The van der Waals surface area contributed by atoms with Gasteiger partial charge >= 0.3 is 5.88 Å². The summed E-state index contributed by atoms with van der Waals surface area (Å²) in [6, 6.07) is 2.90. The molecule has 2 N–H and O–H groups in total. The highest BCUT2D eigenvalue weighted by Crippen LogP contribution is 2.16. The van der Waals surface area contributed by atoms with Crippen molar-refractivity contribution in [3.8, 4) is 0 Å². The van der Waals surface area contributed by atoms with Crippen LogP contribution in [0.2, 0.25) is 0 Å². The molecule has 0 amide bonds. The number of furan rings is 1. The van der Waals surface area contributed by atoms with Gasteiger partial charge in [-0.3, -0.25) is 10.1 Å². The molecular formula is C10H16N2O4. The first-order valence-corrected chi connectivity index (χ1v) is 5.03. The summed E-state index contributed by atoms with van der Waals surface area (Å²) in [5.74, 6) is 0.259. The van der Waals surface area contributed by atoms with E-state index in [0.29, 0.717) is 18.7 Å². The molecule has 0 saturated carbocycles. The van der Waals surface area contributed by atoms with E-state index in [4.69, 9.17) is 9.52 Å². The lowest BCUT2D eigenvalue weighted by atomic mass is 10.0. The van der Waals surface area contributed by atoms with Crippen molar-refractivity contribution in [2.24, 2.45) is 0 Å². The lowest BCUT2D eigenvalue weighted by molar-refractivity contribution is -0.402. The molecule has 0 aliphatic carbocycles. The van der Waals surface area contributed by atoms with Crippen LogP contribution in [-0.2, 0) is 6.54 Å². The van der Waals surface area contributed by atoms with Gasteiger partial charge in [-0.2, -0.15) is 0 Å². The number of aliphatic hydroxyl groups is 1. The molecule has 0 aliphatic heterocycles. The van der Waals surface area contributed by atoms with Gasteiger partial charge in [-0.05, 0) is 26.3 Å². The fraction of sp³-hybridized carbons (Fsp3) is 0.600. The minimum absolute atomic E-state index is 0.0955. The molecule has 1 rings (SSSR count). The summed E-state index contributed by atoms with van der Waals surface area (Å²) in [6.07, 6.45) is 0.607. The van der Waals surface area contributed by atoms with Crippen molar-refractivity contribution >= 4 is 5.88 Å². The largest absolute Gasteiger partial charge is 0.433 e. The molecular weight excluding hydrogens is 212 g/mol. The Kier molecular flexibility index (Phi) is 4.03. The Morgan fingerprint density at radius 1 is 1.56 bits per heavy atom. The molecule has 16 heavy (non-hydrogen) atoms. The number of aliphatic hydroxyl groups excluding tert-OH is 1. The second-order valence-corrected chi connectivity index (χ2v) is 4.21. The van der Waals surface area contributed by atoms with Crippen LogP contribution in [0.1, 0.15) is 26.0 Å². The first-order valence-electron chi connectivity index (χ1n) is 5.03. The van der Waals surface area contributed by atoms with E-state index in [1.807, 2.05) is 13.8 Å². The molecule has 0 aromatic carbocycles. The van der Waals surface area contributed by atoms with Crippen LogP contribution in [0.4, 0.5) is 5.88 Å². The number of rotatable bonds is 6. The van der Waals surface area contributed by atoms with Crippen LogP contribution in [0, 0.1) is 10.1 Å². The van der Waals surface area contributed by atoms with Gasteiger partial charge in [0.2, 0.25) is 0 Å². The van der Waals surface area contributed by atoms with Crippen molar-refractivity contribution in [2.75, 3.05) is 6.61 Å². The maximum absolute atomic E-state index is 10.4. The lowest BCUT2D eigenvalue weighted by Gasteiger charge is -2.24. The van der Waals surface area contributed by atoms with E-state index in [0.717, 1.165) is 0 Å². The summed E-state index contributed by atoms with van der Waals surface area (Å²) in [5.41, 5.74) is -0.226. The predicted molar refractivity (Wildman–Crippen MR) is 58.0 cm³/mol. The third kappa shape index (κ3) is 3.63. The Bertz CT molecular complexity index is 359. The molecule has 0 radical (unpaired) electrons. The van der Waals surface area contributed by atoms with Crippen molar-refractivity contribution in [3.63, 3.8) is 0 Å². The third-order valence-corrected chi connectivity index (χ3v) is 2.31. The van der Waals surface area contributed by atoms with Gasteiger partial charge in [0.05, 0.1) is 12.6 Å². The number of nitrogens with zero attached hydrogens (tertiary/aromatic N) is 1. The normalized spacial score (nSPS) is 11.7. The highest BCUT2D eigenvalue weighted by Gasteiger charge is 2.18. The topological polar surface area (TPSA) is 88.5 Å². The van der Waals surface area contributed by atoms with Gasteiger partial charge in [-0.1, -0.05) is 0 Å². The van der Waals surface area contributed by atoms with E-state index in [9.17, 15) is 10.1 Å². The average Bonchev–Trinajstić information content (AvgIpc) is 2.63. The minimum Gasteiger partial charge on any atom is -0.404 e. The van der Waals surface area contributed by atoms with E-state index in [2.05, 4.69) is 5.32 Å². The molecule has 1 aromatic heterocycles. The summed E-state index contributed by atoms with van der Waals surface area (Å²) < 4.78 is 4.99. The van der Waals surface area contributed by atoms with Crippen LogP contribution in [0.25, 0.3) is 0 Å². The van der Waals surface area contributed by atoms with E-state index >= 15 is 0 Å². The molecule has 0 fully saturated rings. The fourth-order valence-electron chi connectivity index (χ4n) is 1.25. The van der Waals surface area contributed by atoms with Crippen LogP contribution in [0.3, 0.4) is 0 Å². The third-order valence-electron chi connectivity index (χ3n) is 2.31. The molecule has 0 bridgehead atoms. The molecule has 0 aliphatic rings. The Labute approximate surface area is 93.4 Å². The first-order chi connectivity index (χ1) is 7.44. The van der Waals surface area contributed by atoms with Crippen LogP contribution in [0.15, 0.2) is 16.5 Å². The predicted octanol–water partition coefficient (Wildman–Crippen LogP) is 1.44. The second-order valence-electron chi connectivity index (χ2n) is 4.21. The van der Waals surface area contributed by atoms with Crippen molar-refractivity contribution in [2.45, 2.75) is 32.4 Å². The van der Waals surface area contributed by atoms with Gasteiger partial charge in [-0.25, -0.2) is 0 Å². The van der Waals surface area contributed by atoms with Crippen LogP contribution < -0.4 is 5.32 Å². The molecule has 1 aromatic rings. The second kappa shape index (κ2) is 5.09. The summed E-state index contributed by atoms with van der Waals surface area (Å²) >= 11 is 0. The maximum Gasteiger partial charge on any atom is 0.433 e. The average molecular weight is 228 g/mol. The van der Waals surface area contributed by atoms with Gasteiger partial charge in [0.25, 0.3) is 0 Å². The highest BCUT2D eigenvalue weighted by molar-refractivity contribution is 5.17. The van der Waals surface area contributed by atoms with Gasteiger partial charge in [-0.15, -0.1) is 0 Å². The van der Waals surface area contributed by atoms with E-state index in [-0.39, 0.29) is 18.0 Å². The van der Waals surface area contributed by atoms with Crippen LogP contribution in [-0.4, -0.2) is 22.2 Å². The van der Waals surface area contributed by atoms with E-state index in [1.54, 1.807) is 6.07 Å². The zero-order valence-corrected chi connectivity index (χ0v) is 9.40. The summed E-state index contributed by atoms with van der Waals surface area (Å²) in [5, 5.41) is 22.4. The zero-order valence-electron chi connectivity index (χ0n) is 9.40. The summed E-state index contributed by atoms with van der Waals surface area (Å²) in [4.78, 5) is 9.81. The van der Waals surface area contributed by atoms with Gasteiger partial charge < -0.3 is 14.8 Å². The van der Waals surface area contributed by atoms with Gasteiger partial charge in [0.15, 0.2) is 0 Å². The minimum atomic E-state index is -0.567.